The van der Waals surface area contributed by atoms with E-state index in [9.17, 15) is 14.7 Å². The van der Waals surface area contributed by atoms with Gasteiger partial charge in [-0.2, -0.15) is 0 Å². The minimum absolute atomic E-state index is 0.0790. The second-order valence-electron chi connectivity index (χ2n) is 11.8. The van der Waals surface area contributed by atoms with Crippen LogP contribution >= 0.6 is 23.2 Å². The number of carbonyl (C=O) groups is 2. The molecule has 2 amide bonds. The molecule has 1 aliphatic heterocycles. The molecule has 4 rings (SSSR count). The van der Waals surface area contributed by atoms with Crippen LogP contribution in [0.1, 0.15) is 69.9 Å². The Labute approximate surface area is 233 Å². The van der Waals surface area contributed by atoms with Crippen LogP contribution in [0.3, 0.4) is 0 Å². The molecule has 38 heavy (non-hydrogen) atoms. The summed E-state index contributed by atoms with van der Waals surface area (Å²) in [6.45, 7) is 6.05. The van der Waals surface area contributed by atoms with Crippen LogP contribution in [0.25, 0.3) is 0 Å². The van der Waals surface area contributed by atoms with Crippen molar-refractivity contribution in [1.29, 1.82) is 0 Å². The van der Waals surface area contributed by atoms with Crippen molar-refractivity contribution in [3.05, 3.63) is 63.4 Å². The summed E-state index contributed by atoms with van der Waals surface area (Å²) in [5, 5.41) is 19.5. The fourth-order valence-electron chi connectivity index (χ4n) is 6.25. The van der Waals surface area contributed by atoms with Crippen molar-refractivity contribution in [3.63, 3.8) is 0 Å². The molecule has 6 nitrogen and oxygen atoms in total. The van der Waals surface area contributed by atoms with Crippen LogP contribution in [0.4, 0.5) is 10.1 Å². The van der Waals surface area contributed by atoms with Gasteiger partial charge in [0, 0.05) is 22.7 Å². The predicted molar refractivity (Wildman–Crippen MR) is 149 cm³/mol. The number of aliphatic hydroxyl groups excluding tert-OH is 1. The molecule has 0 aromatic heterocycles. The molecule has 1 saturated carbocycles. The van der Waals surface area contributed by atoms with Gasteiger partial charge in [0.05, 0.1) is 22.6 Å². The van der Waals surface area contributed by atoms with Crippen LogP contribution in [-0.4, -0.2) is 42.2 Å². The van der Waals surface area contributed by atoms with Gasteiger partial charge in [-0.05, 0) is 73.9 Å². The van der Waals surface area contributed by atoms with Crippen molar-refractivity contribution in [2.45, 2.75) is 82.4 Å². The van der Waals surface area contributed by atoms with E-state index in [0.717, 1.165) is 0 Å². The first kappa shape index (κ1) is 28.8. The maximum absolute atomic E-state index is 15.9. The number of fused-ring (bicyclic) bond motifs is 1. The van der Waals surface area contributed by atoms with Gasteiger partial charge in [0.2, 0.25) is 11.8 Å². The number of aliphatic hydroxyl groups is 1. The summed E-state index contributed by atoms with van der Waals surface area (Å²) in [5.74, 6) is -2.25. The number of amides is 2. The van der Waals surface area contributed by atoms with Crippen molar-refractivity contribution in [1.82, 2.24) is 10.6 Å². The summed E-state index contributed by atoms with van der Waals surface area (Å²) in [6, 6.07) is 8.81. The largest absolute Gasteiger partial charge is 0.393 e. The number of rotatable bonds is 7. The zero-order chi connectivity index (χ0) is 27.8. The topological polar surface area (TPSA) is 90.5 Å². The minimum atomic E-state index is -1.31. The van der Waals surface area contributed by atoms with E-state index in [4.69, 9.17) is 23.2 Å². The Bertz CT molecular complexity index is 1210. The molecule has 1 heterocycles. The molecule has 2 aliphatic rings. The molecule has 1 aliphatic carbocycles. The Morgan fingerprint density at radius 3 is 2.50 bits per heavy atom. The number of benzene rings is 2. The Morgan fingerprint density at radius 2 is 1.87 bits per heavy atom. The van der Waals surface area contributed by atoms with Gasteiger partial charge in [0.25, 0.3) is 0 Å². The standard InChI is InChI=1S/C29H36Cl2FN3O3/c1-28(2,3)15-29(20-13-8-16(30)14-22(20)35-27(29)38)23(19-6-5-7-21(31)24(19)32)25(33-4)26(37)34-17-9-11-18(36)12-10-17/h5-8,13-14,17-18,23,25,33,36H,9-12,15H2,1-4H3,(H,34,37)(H,35,38)/t17-,18-,23?,25?,29?. The average molecular weight is 565 g/mol. The zero-order valence-corrected chi connectivity index (χ0v) is 23.7. The van der Waals surface area contributed by atoms with Crippen LogP contribution in [0.15, 0.2) is 36.4 Å². The number of carbonyl (C=O) groups excluding carboxylic acids is 2. The van der Waals surface area contributed by atoms with Gasteiger partial charge in [-0.25, -0.2) is 4.39 Å². The molecule has 2 aromatic rings. The predicted octanol–water partition coefficient (Wildman–Crippen LogP) is 5.55. The molecule has 3 atom stereocenters. The van der Waals surface area contributed by atoms with E-state index < -0.39 is 23.2 Å². The third-order valence-corrected chi connectivity index (χ3v) is 8.27. The van der Waals surface area contributed by atoms with Crippen LogP contribution in [0.2, 0.25) is 10.0 Å². The number of hydrogen-bond acceptors (Lipinski definition) is 4. The van der Waals surface area contributed by atoms with Gasteiger partial charge in [0.15, 0.2) is 0 Å². The van der Waals surface area contributed by atoms with E-state index in [1.54, 1.807) is 37.4 Å². The molecule has 3 unspecified atom stereocenters. The van der Waals surface area contributed by atoms with Crippen molar-refractivity contribution < 1.29 is 19.1 Å². The molecule has 0 spiro atoms. The SMILES string of the molecule is CNC(C(=O)N[C@H]1CC[C@H](O)CC1)C(c1cccc(Cl)c1F)C1(CC(C)(C)C)C(=O)Nc2cc(Cl)ccc21. The number of nitrogens with one attached hydrogen (secondary N) is 3. The fourth-order valence-corrected chi connectivity index (χ4v) is 6.60. The molecule has 9 heteroatoms. The Morgan fingerprint density at radius 1 is 1.18 bits per heavy atom. The van der Waals surface area contributed by atoms with Crippen molar-refractivity contribution in [2.24, 2.45) is 5.41 Å². The van der Waals surface area contributed by atoms with Crippen molar-refractivity contribution >= 4 is 40.7 Å². The number of halogens is 3. The van der Waals surface area contributed by atoms with Crippen LogP contribution < -0.4 is 16.0 Å². The number of anilines is 1. The average Bonchev–Trinajstić information content (AvgIpc) is 3.10. The van der Waals surface area contributed by atoms with Gasteiger partial charge < -0.3 is 21.1 Å². The zero-order valence-electron chi connectivity index (χ0n) is 22.2. The van der Waals surface area contributed by atoms with E-state index in [-0.39, 0.29) is 40.0 Å². The van der Waals surface area contributed by atoms with Crippen molar-refractivity contribution in [3.8, 4) is 0 Å². The van der Waals surface area contributed by atoms with Crippen LogP contribution in [-0.2, 0) is 15.0 Å². The van der Waals surface area contributed by atoms with Crippen LogP contribution in [0.5, 0.6) is 0 Å². The van der Waals surface area contributed by atoms with Crippen molar-refractivity contribution in [2.75, 3.05) is 12.4 Å². The van der Waals surface area contributed by atoms with E-state index in [2.05, 4.69) is 16.0 Å². The molecule has 2 aromatic carbocycles. The summed E-state index contributed by atoms with van der Waals surface area (Å²) in [7, 11) is 1.64. The number of likely N-dealkylation sites (N-methyl/N-ethyl adjacent to an activating group) is 1. The Hall–Kier alpha value is -2.19. The Kier molecular flexibility index (Phi) is 8.43. The second-order valence-corrected chi connectivity index (χ2v) is 12.6. The third kappa shape index (κ3) is 5.57. The highest BCUT2D eigenvalue weighted by atomic mass is 35.5. The van der Waals surface area contributed by atoms with Gasteiger partial charge in [-0.1, -0.05) is 62.2 Å². The lowest BCUT2D eigenvalue weighted by atomic mass is 9.59. The molecule has 4 N–H and O–H groups in total. The molecule has 0 radical (unpaired) electrons. The monoisotopic (exact) mass is 563 g/mol. The summed E-state index contributed by atoms with van der Waals surface area (Å²) < 4.78 is 15.9. The lowest BCUT2D eigenvalue weighted by molar-refractivity contribution is -0.128. The highest BCUT2D eigenvalue weighted by Gasteiger charge is 2.58. The smallest absolute Gasteiger partial charge is 0.238 e. The van der Waals surface area contributed by atoms with Gasteiger partial charge in [-0.15, -0.1) is 0 Å². The Balaban J connectivity index is 1.91. The lowest BCUT2D eigenvalue weighted by Gasteiger charge is -2.44. The first-order valence-electron chi connectivity index (χ1n) is 13.1. The lowest BCUT2D eigenvalue weighted by Crippen LogP contribution is -2.57. The summed E-state index contributed by atoms with van der Waals surface area (Å²) in [5.41, 5.74) is -0.276. The highest BCUT2D eigenvalue weighted by molar-refractivity contribution is 6.31. The van der Waals surface area contributed by atoms with E-state index in [1.165, 1.54) is 6.07 Å². The summed E-state index contributed by atoms with van der Waals surface area (Å²) in [4.78, 5) is 28.1. The molecule has 206 valence electrons. The first-order valence-corrected chi connectivity index (χ1v) is 13.8. The maximum Gasteiger partial charge on any atom is 0.238 e. The molecule has 0 bridgehead atoms. The molecular formula is C29H36Cl2FN3O3. The normalized spacial score (nSPS) is 24.9. The van der Waals surface area contributed by atoms with Gasteiger partial charge in [-0.3, -0.25) is 9.59 Å². The molecular weight excluding hydrogens is 528 g/mol. The fraction of sp³-hybridized carbons (Fsp3) is 0.517. The van der Waals surface area contributed by atoms with E-state index in [0.29, 0.717) is 48.4 Å². The highest BCUT2D eigenvalue weighted by Crippen LogP contribution is 2.55. The van der Waals surface area contributed by atoms with Gasteiger partial charge >= 0.3 is 0 Å². The molecule has 0 saturated heterocycles. The van der Waals surface area contributed by atoms with E-state index >= 15 is 4.39 Å². The van der Waals surface area contributed by atoms with Crippen LogP contribution in [0, 0.1) is 11.2 Å². The third-order valence-electron chi connectivity index (χ3n) is 7.74. The first-order chi connectivity index (χ1) is 17.9. The maximum atomic E-state index is 15.9. The summed E-state index contributed by atoms with van der Waals surface area (Å²) in [6.07, 6.45) is 2.47. The summed E-state index contributed by atoms with van der Waals surface area (Å²) >= 11 is 12.5. The minimum Gasteiger partial charge on any atom is -0.393 e. The second kappa shape index (κ2) is 11.1. The van der Waals surface area contributed by atoms with E-state index in [1.807, 2.05) is 20.8 Å². The quantitative estimate of drug-likeness (QED) is 0.355. The van der Waals surface area contributed by atoms with Gasteiger partial charge in [0.1, 0.15) is 5.82 Å². The number of hydrogen-bond donors (Lipinski definition) is 4. The molecule has 1 fully saturated rings.